The van der Waals surface area contributed by atoms with Gasteiger partial charge in [0.1, 0.15) is 10.7 Å². The number of thiazole rings is 1. The first-order chi connectivity index (χ1) is 19.7. The van der Waals surface area contributed by atoms with E-state index in [4.69, 9.17) is 21.3 Å². The molecule has 1 amide bonds. The zero-order valence-electron chi connectivity index (χ0n) is 21.7. The number of nitrogens with zero attached hydrogens (tertiary/aromatic N) is 1. The predicted octanol–water partition coefficient (Wildman–Crippen LogP) is 5.27. The monoisotopic (exact) mass is 582 g/mol. The Balaban J connectivity index is 1.43. The van der Waals surface area contributed by atoms with Crippen molar-refractivity contribution in [3.63, 3.8) is 0 Å². The molecule has 0 radical (unpaired) electrons. The van der Waals surface area contributed by atoms with Crippen molar-refractivity contribution in [2.75, 3.05) is 10.6 Å². The van der Waals surface area contributed by atoms with E-state index in [-0.39, 0.29) is 16.6 Å². The van der Waals surface area contributed by atoms with Gasteiger partial charge >= 0.3 is 0 Å². The molecule has 41 heavy (non-hydrogen) atoms. The van der Waals surface area contributed by atoms with E-state index in [2.05, 4.69) is 10.6 Å². The van der Waals surface area contributed by atoms with E-state index in [1.807, 2.05) is 36.4 Å². The van der Waals surface area contributed by atoms with Crippen LogP contribution in [0.15, 0.2) is 108 Å². The maximum Gasteiger partial charge on any atom is 0.268 e. The van der Waals surface area contributed by atoms with Crippen molar-refractivity contribution in [3.8, 4) is 22.4 Å². The van der Waals surface area contributed by atoms with Crippen molar-refractivity contribution < 1.29 is 13.2 Å². The Morgan fingerprint density at radius 1 is 0.878 bits per heavy atom. The first-order valence-corrected chi connectivity index (χ1v) is 14.8. The normalized spacial score (nSPS) is 11.1. The van der Waals surface area contributed by atoms with Crippen molar-refractivity contribution in [1.82, 2.24) is 4.98 Å². The molecule has 7 N–H and O–H groups in total. The van der Waals surface area contributed by atoms with E-state index in [1.54, 1.807) is 60.7 Å². The Labute approximate surface area is 241 Å². The second-order valence-electron chi connectivity index (χ2n) is 9.10. The summed E-state index contributed by atoms with van der Waals surface area (Å²) in [5, 5.41) is 20.0. The van der Waals surface area contributed by atoms with Gasteiger partial charge < -0.3 is 16.4 Å². The highest BCUT2D eigenvalue weighted by atomic mass is 32.2. The third kappa shape index (κ3) is 6.49. The minimum atomic E-state index is -3.91. The topological polar surface area (TPSA) is 164 Å². The first-order valence-electron chi connectivity index (χ1n) is 12.5. The third-order valence-corrected chi connectivity index (χ3v) is 8.20. The van der Waals surface area contributed by atoms with E-state index >= 15 is 0 Å². The zero-order valence-corrected chi connectivity index (χ0v) is 23.3. The highest BCUT2D eigenvalue weighted by molar-refractivity contribution is 7.89. The number of benzene rings is 4. The lowest BCUT2D eigenvalue weighted by molar-refractivity contribution is 0.103. The third-order valence-electron chi connectivity index (χ3n) is 6.21. The Hall–Kier alpha value is -4.84. The van der Waals surface area contributed by atoms with Gasteiger partial charge in [0.05, 0.1) is 10.6 Å². The standard InChI is InChI=1S/C30H26N6O3S2/c31-28(32)22-10-6-9-21(17-22)26-27(40-30(36-26)34-18-19-7-2-1-3-8-19)29(37)35-23-15-13-20(14-16-23)24-11-4-5-12-25(24)41(33,38)39/h1-17H,18H2,(H3,31,32)(H,34,36)(H,35,37)(H2,33,38,39). The van der Waals surface area contributed by atoms with Gasteiger partial charge in [-0.15, -0.1) is 0 Å². The van der Waals surface area contributed by atoms with Gasteiger partial charge in [-0.2, -0.15) is 0 Å². The van der Waals surface area contributed by atoms with Crippen LogP contribution in [-0.2, 0) is 16.6 Å². The van der Waals surface area contributed by atoms with Crippen LogP contribution in [0.25, 0.3) is 22.4 Å². The lowest BCUT2D eigenvalue weighted by Gasteiger charge is -2.10. The van der Waals surface area contributed by atoms with Gasteiger partial charge in [-0.1, -0.05) is 90.2 Å². The fourth-order valence-electron chi connectivity index (χ4n) is 4.23. The van der Waals surface area contributed by atoms with E-state index < -0.39 is 10.0 Å². The molecule has 0 saturated heterocycles. The van der Waals surface area contributed by atoms with Crippen LogP contribution in [0.5, 0.6) is 0 Å². The van der Waals surface area contributed by atoms with Crippen LogP contribution in [0.3, 0.4) is 0 Å². The summed E-state index contributed by atoms with van der Waals surface area (Å²) in [5.74, 6) is -0.448. The minimum Gasteiger partial charge on any atom is -0.384 e. The van der Waals surface area contributed by atoms with Crippen LogP contribution >= 0.6 is 11.3 Å². The van der Waals surface area contributed by atoms with Crippen molar-refractivity contribution in [2.24, 2.45) is 10.9 Å². The van der Waals surface area contributed by atoms with Crippen molar-refractivity contribution in [3.05, 3.63) is 119 Å². The number of amidine groups is 1. The summed E-state index contributed by atoms with van der Waals surface area (Å²) in [7, 11) is -3.91. The average molecular weight is 583 g/mol. The molecule has 0 fully saturated rings. The number of hydrogen-bond acceptors (Lipinski definition) is 7. The van der Waals surface area contributed by atoms with Crippen LogP contribution in [0, 0.1) is 5.41 Å². The number of carbonyl (C=O) groups is 1. The number of nitrogen functional groups attached to an aromatic ring is 1. The second kappa shape index (κ2) is 11.7. The molecule has 0 unspecified atom stereocenters. The smallest absolute Gasteiger partial charge is 0.268 e. The van der Waals surface area contributed by atoms with Crippen LogP contribution in [0.1, 0.15) is 20.8 Å². The molecule has 0 aliphatic carbocycles. The summed E-state index contributed by atoms with van der Waals surface area (Å²) in [6.07, 6.45) is 0. The summed E-state index contributed by atoms with van der Waals surface area (Å²) in [6, 6.07) is 30.2. The summed E-state index contributed by atoms with van der Waals surface area (Å²) in [4.78, 5) is 18.6. The van der Waals surface area contributed by atoms with E-state index in [1.165, 1.54) is 17.4 Å². The molecule has 1 heterocycles. The van der Waals surface area contributed by atoms with Crippen LogP contribution < -0.4 is 21.5 Å². The number of sulfonamides is 1. The molecule has 0 bridgehead atoms. The SMILES string of the molecule is N=C(N)c1cccc(-c2nc(NCc3ccccc3)sc2C(=O)Nc2ccc(-c3ccccc3S(N)(=O)=O)cc2)c1. The molecule has 0 atom stereocenters. The minimum absolute atomic E-state index is 0.0226. The van der Waals surface area contributed by atoms with Crippen molar-refractivity contribution in [1.29, 1.82) is 5.41 Å². The van der Waals surface area contributed by atoms with Gasteiger partial charge in [0.2, 0.25) is 10.0 Å². The molecule has 4 aromatic carbocycles. The fourth-order valence-corrected chi connectivity index (χ4v) is 5.87. The number of anilines is 2. The molecule has 5 aromatic rings. The maximum atomic E-state index is 13.5. The number of aromatic nitrogens is 1. The highest BCUT2D eigenvalue weighted by Crippen LogP contribution is 2.33. The van der Waals surface area contributed by atoms with Gasteiger partial charge in [0.15, 0.2) is 5.13 Å². The molecule has 0 saturated carbocycles. The number of primary sulfonamides is 1. The average Bonchev–Trinajstić information content (AvgIpc) is 3.41. The number of rotatable bonds is 9. The number of nitrogens with two attached hydrogens (primary N) is 2. The maximum absolute atomic E-state index is 13.5. The molecule has 206 valence electrons. The number of hydrogen-bond donors (Lipinski definition) is 5. The van der Waals surface area contributed by atoms with Gasteiger partial charge in [-0.3, -0.25) is 10.2 Å². The Kier molecular flexibility index (Phi) is 7.92. The van der Waals surface area contributed by atoms with E-state index in [9.17, 15) is 13.2 Å². The summed E-state index contributed by atoms with van der Waals surface area (Å²) in [5.41, 5.74) is 10.0. The lowest BCUT2D eigenvalue weighted by atomic mass is 10.1. The number of carbonyl (C=O) groups excluding carboxylic acids is 1. The Morgan fingerprint density at radius 3 is 2.29 bits per heavy atom. The second-order valence-corrected chi connectivity index (χ2v) is 11.6. The van der Waals surface area contributed by atoms with Crippen molar-refractivity contribution >= 4 is 43.9 Å². The fraction of sp³-hybridized carbons (Fsp3) is 0.0333. The largest absolute Gasteiger partial charge is 0.384 e. The van der Waals surface area contributed by atoms with Gasteiger partial charge in [0, 0.05) is 28.9 Å². The van der Waals surface area contributed by atoms with Gasteiger partial charge in [-0.25, -0.2) is 18.5 Å². The molecule has 0 spiro atoms. The van der Waals surface area contributed by atoms with Crippen LogP contribution in [0.2, 0.25) is 0 Å². The molecule has 5 rings (SSSR count). The molecule has 0 aliphatic rings. The van der Waals surface area contributed by atoms with E-state index in [0.29, 0.717) is 50.2 Å². The highest BCUT2D eigenvalue weighted by Gasteiger charge is 2.21. The zero-order chi connectivity index (χ0) is 29.0. The number of amides is 1. The van der Waals surface area contributed by atoms with Crippen LogP contribution in [-0.4, -0.2) is 25.1 Å². The predicted molar refractivity (Wildman–Crippen MR) is 164 cm³/mol. The molecule has 11 heteroatoms. The summed E-state index contributed by atoms with van der Waals surface area (Å²) in [6.45, 7) is 0.532. The molecular formula is C30H26N6O3S2. The molecule has 9 nitrogen and oxygen atoms in total. The summed E-state index contributed by atoms with van der Waals surface area (Å²) < 4.78 is 24.0. The first kappa shape index (κ1) is 27.7. The number of nitrogens with one attached hydrogen (secondary N) is 3. The van der Waals surface area contributed by atoms with Crippen molar-refractivity contribution in [2.45, 2.75) is 11.4 Å². The molecule has 0 aliphatic heterocycles. The lowest BCUT2D eigenvalue weighted by Crippen LogP contribution is -2.13. The quantitative estimate of drug-likeness (QED) is 0.117. The molecule has 1 aromatic heterocycles. The van der Waals surface area contributed by atoms with Gasteiger partial charge in [-0.05, 0) is 35.4 Å². The van der Waals surface area contributed by atoms with E-state index in [0.717, 1.165) is 5.56 Å². The Morgan fingerprint density at radius 2 is 1.59 bits per heavy atom. The summed E-state index contributed by atoms with van der Waals surface area (Å²) >= 11 is 1.22. The van der Waals surface area contributed by atoms with Gasteiger partial charge in [0.25, 0.3) is 5.91 Å². The molecular weight excluding hydrogens is 557 g/mol. The van der Waals surface area contributed by atoms with Crippen LogP contribution in [0.4, 0.5) is 10.8 Å². The Bertz CT molecular complexity index is 1840.